The molecule has 3 nitrogen and oxygen atoms in total. The van der Waals surface area contributed by atoms with Crippen LogP contribution in [0.1, 0.15) is 38.4 Å². The third kappa shape index (κ3) is 3.12. The van der Waals surface area contributed by atoms with E-state index in [-0.39, 0.29) is 11.4 Å². The van der Waals surface area contributed by atoms with Gasteiger partial charge in [0.1, 0.15) is 11.6 Å². The molecule has 0 bridgehead atoms. The van der Waals surface area contributed by atoms with Crippen molar-refractivity contribution in [1.82, 2.24) is 5.16 Å². The van der Waals surface area contributed by atoms with Gasteiger partial charge in [0, 0.05) is 12.0 Å². The first-order chi connectivity index (χ1) is 9.65. The second kappa shape index (κ2) is 6.75. The van der Waals surface area contributed by atoms with Crippen molar-refractivity contribution in [3.63, 3.8) is 0 Å². The Bertz CT molecular complexity index is 563. The molecule has 0 aliphatic carbocycles. The molecule has 1 aromatic heterocycles. The van der Waals surface area contributed by atoms with Gasteiger partial charge in [-0.05, 0) is 18.6 Å². The zero-order chi connectivity index (χ0) is 14.5. The van der Waals surface area contributed by atoms with Crippen LogP contribution < -0.4 is 5.73 Å². The smallest absolute Gasteiger partial charge is 0.175 e. The fourth-order valence-corrected chi connectivity index (χ4v) is 2.48. The van der Waals surface area contributed by atoms with Crippen LogP contribution in [0.5, 0.6) is 0 Å². The largest absolute Gasteiger partial charge is 0.380 e. The molecule has 0 aliphatic rings. The molecule has 0 fully saturated rings. The number of nitrogens with zero attached hydrogens (tertiary/aromatic N) is 1. The van der Waals surface area contributed by atoms with Crippen molar-refractivity contribution in [2.45, 2.75) is 39.0 Å². The van der Waals surface area contributed by atoms with Crippen molar-refractivity contribution < 1.29 is 8.91 Å². The Labute approximate surface area is 122 Å². The molecule has 0 unspecified atom stereocenters. The van der Waals surface area contributed by atoms with Gasteiger partial charge >= 0.3 is 0 Å². The summed E-state index contributed by atoms with van der Waals surface area (Å²) in [6.07, 6.45) is 5.07. The van der Waals surface area contributed by atoms with Crippen molar-refractivity contribution in [2.75, 3.05) is 5.73 Å². The van der Waals surface area contributed by atoms with Crippen molar-refractivity contribution in [1.29, 1.82) is 0 Å². The van der Waals surface area contributed by atoms with E-state index in [0.717, 1.165) is 19.3 Å². The number of benzene rings is 1. The maximum atomic E-state index is 14.0. The van der Waals surface area contributed by atoms with Crippen LogP contribution in [-0.4, -0.2) is 5.16 Å². The molecule has 0 radical (unpaired) electrons. The van der Waals surface area contributed by atoms with Gasteiger partial charge in [0.25, 0.3) is 0 Å². The van der Waals surface area contributed by atoms with E-state index in [9.17, 15) is 4.39 Å². The molecule has 1 aromatic carbocycles. The summed E-state index contributed by atoms with van der Waals surface area (Å²) in [5, 5.41) is 4.07. The van der Waals surface area contributed by atoms with Gasteiger partial charge in [-0.1, -0.05) is 49.0 Å². The van der Waals surface area contributed by atoms with E-state index in [2.05, 4.69) is 12.1 Å². The molecule has 1 heterocycles. The summed E-state index contributed by atoms with van der Waals surface area (Å²) in [7, 11) is 0. The van der Waals surface area contributed by atoms with E-state index >= 15 is 0 Å². The highest BCUT2D eigenvalue weighted by atomic mass is 35.5. The molecule has 0 spiro atoms. The molecular weight excluding hydrogens is 279 g/mol. The number of aromatic nitrogens is 1. The van der Waals surface area contributed by atoms with E-state index < -0.39 is 5.82 Å². The fraction of sp³-hybridized carbons (Fsp3) is 0.400. The molecule has 0 aliphatic heterocycles. The Kier molecular flexibility index (Phi) is 5.01. The SMILES string of the molecule is CCCCCCc1onc(N)c1-c1c(F)cccc1Cl. The predicted octanol–water partition coefficient (Wildman–Crippen LogP) is 4.84. The van der Waals surface area contributed by atoms with E-state index in [0.29, 0.717) is 22.8 Å². The minimum atomic E-state index is -0.415. The number of rotatable bonds is 6. The summed E-state index contributed by atoms with van der Waals surface area (Å²) >= 11 is 6.08. The van der Waals surface area contributed by atoms with Gasteiger partial charge in [-0.25, -0.2) is 4.39 Å². The molecule has 2 N–H and O–H groups in total. The minimum Gasteiger partial charge on any atom is -0.380 e. The lowest BCUT2D eigenvalue weighted by Gasteiger charge is -2.06. The molecule has 0 saturated carbocycles. The number of anilines is 1. The summed E-state index contributed by atoms with van der Waals surface area (Å²) in [5.41, 5.74) is 6.58. The first-order valence-corrected chi connectivity index (χ1v) is 7.21. The Morgan fingerprint density at radius 1 is 1.25 bits per heavy atom. The summed E-state index contributed by atoms with van der Waals surface area (Å²) < 4.78 is 19.2. The molecule has 0 amide bonds. The van der Waals surface area contributed by atoms with Crippen molar-refractivity contribution in [3.8, 4) is 11.1 Å². The van der Waals surface area contributed by atoms with Crippen LogP contribution in [0.3, 0.4) is 0 Å². The van der Waals surface area contributed by atoms with Crippen LogP contribution in [0.25, 0.3) is 11.1 Å². The first kappa shape index (κ1) is 14.9. The molecular formula is C15H18ClFN2O. The lowest BCUT2D eigenvalue weighted by atomic mass is 10.0. The van der Waals surface area contributed by atoms with Gasteiger partial charge in [0.15, 0.2) is 5.82 Å². The van der Waals surface area contributed by atoms with Gasteiger partial charge in [0.2, 0.25) is 0 Å². The third-order valence-corrected chi connectivity index (χ3v) is 3.57. The Balaban J connectivity index is 2.29. The quantitative estimate of drug-likeness (QED) is 0.776. The molecule has 20 heavy (non-hydrogen) atoms. The summed E-state index contributed by atoms with van der Waals surface area (Å²) in [6.45, 7) is 2.15. The predicted molar refractivity (Wildman–Crippen MR) is 79.2 cm³/mol. The minimum absolute atomic E-state index is 0.183. The number of hydrogen-bond donors (Lipinski definition) is 1. The second-order valence-electron chi connectivity index (χ2n) is 4.77. The van der Waals surface area contributed by atoms with Crippen LogP contribution in [0.2, 0.25) is 5.02 Å². The van der Waals surface area contributed by atoms with Crippen LogP contribution in [0, 0.1) is 5.82 Å². The third-order valence-electron chi connectivity index (χ3n) is 3.26. The normalized spacial score (nSPS) is 10.9. The monoisotopic (exact) mass is 296 g/mol. The van der Waals surface area contributed by atoms with Crippen LogP contribution in [0.4, 0.5) is 10.2 Å². The zero-order valence-corrected chi connectivity index (χ0v) is 12.2. The van der Waals surface area contributed by atoms with E-state index in [1.54, 1.807) is 12.1 Å². The van der Waals surface area contributed by atoms with E-state index in [4.69, 9.17) is 21.9 Å². The number of unbranched alkanes of at least 4 members (excludes halogenated alkanes) is 3. The summed E-state index contributed by atoms with van der Waals surface area (Å²) in [4.78, 5) is 0. The van der Waals surface area contributed by atoms with Crippen LogP contribution >= 0.6 is 11.6 Å². The second-order valence-corrected chi connectivity index (χ2v) is 5.18. The van der Waals surface area contributed by atoms with E-state index in [1.165, 1.54) is 12.5 Å². The Morgan fingerprint density at radius 3 is 2.75 bits per heavy atom. The number of nitrogen functional groups attached to an aromatic ring is 1. The molecule has 108 valence electrons. The number of halogens is 2. The topological polar surface area (TPSA) is 52.0 Å². The molecule has 5 heteroatoms. The number of nitrogens with two attached hydrogens (primary N) is 1. The standard InChI is InChI=1S/C15H18ClFN2O/c1-2-3-4-5-9-12-14(15(18)19-20-12)13-10(16)7-6-8-11(13)17/h6-8H,2-5,9H2,1H3,(H2,18,19). The maximum absolute atomic E-state index is 14.0. The molecule has 0 atom stereocenters. The summed E-state index contributed by atoms with van der Waals surface area (Å²) in [5.74, 6) is 0.371. The average Bonchev–Trinajstić information content (AvgIpc) is 2.77. The highest BCUT2D eigenvalue weighted by Crippen LogP contribution is 2.37. The van der Waals surface area contributed by atoms with Crippen molar-refractivity contribution in [3.05, 3.63) is 34.8 Å². The summed E-state index contributed by atoms with van der Waals surface area (Å²) in [6, 6.07) is 4.55. The van der Waals surface area contributed by atoms with Gasteiger partial charge in [-0.15, -0.1) is 0 Å². The maximum Gasteiger partial charge on any atom is 0.175 e. The number of hydrogen-bond acceptors (Lipinski definition) is 3. The highest BCUT2D eigenvalue weighted by molar-refractivity contribution is 6.33. The molecule has 0 saturated heterocycles. The van der Waals surface area contributed by atoms with Crippen molar-refractivity contribution in [2.24, 2.45) is 0 Å². The lowest BCUT2D eigenvalue weighted by Crippen LogP contribution is -1.94. The fourth-order valence-electron chi connectivity index (χ4n) is 2.23. The van der Waals surface area contributed by atoms with Gasteiger partial charge in [0.05, 0.1) is 10.6 Å². The van der Waals surface area contributed by atoms with E-state index in [1.807, 2.05) is 0 Å². The number of aryl methyl sites for hydroxylation is 1. The van der Waals surface area contributed by atoms with Gasteiger partial charge < -0.3 is 10.3 Å². The zero-order valence-electron chi connectivity index (χ0n) is 11.5. The van der Waals surface area contributed by atoms with Gasteiger partial charge in [-0.2, -0.15) is 0 Å². The average molecular weight is 297 g/mol. The molecule has 2 rings (SSSR count). The van der Waals surface area contributed by atoms with Gasteiger partial charge in [-0.3, -0.25) is 0 Å². The lowest BCUT2D eigenvalue weighted by molar-refractivity contribution is 0.382. The van der Waals surface area contributed by atoms with Crippen molar-refractivity contribution >= 4 is 17.4 Å². The van der Waals surface area contributed by atoms with Crippen LogP contribution in [-0.2, 0) is 6.42 Å². The highest BCUT2D eigenvalue weighted by Gasteiger charge is 2.21. The molecule has 2 aromatic rings. The Hall–Kier alpha value is -1.55. The first-order valence-electron chi connectivity index (χ1n) is 6.83. The Morgan fingerprint density at radius 2 is 2.05 bits per heavy atom. The van der Waals surface area contributed by atoms with Crippen LogP contribution in [0.15, 0.2) is 22.7 Å².